The van der Waals surface area contributed by atoms with Crippen molar-refractivity contribution in [1.29, 1.82) is 5.41 Å². The Bertz CT molecular complexity index is 404. The maximum atomic E-state index is 11.8. The molecule has 0 amide bonds. The number of benzene rings is 1. The van der Waals surface area contributed by atoms with Crippen molar-refractivity contribution in [2.45, 2.75) is 12.6 Å². The summed E-state index contributed by atoms with van der Waals surface area (Å²) in [5, 5.41) is 7.13. The quantitative estimate of drug-likeness (QED) is 0.455. The molecule has 0 atom stereocenters. The van der Waals surface area contributed by atoms with E-state index in [1.165, 1.54) is 0 Å². The van der Waals surface area contributed by atoms with Gasteiger partial charge in [-0.15, -0.1) is 0 Å². The second kappa shape index (κ2) is 6.98. The van der Waals surface area contributed by atoms with E-state index in [2.05, 4.69) is 4.74 Å². The van der Waals surface area contributed by atoms with Gasteiger partial charge in [0.15, 0.2) is 0 Å². The number of hydrogen-bond donors (Lipinski definition) is 2. The van der Waals surface area contributed by atoms with Gasteiger partial charge in [-0.05, 0) is 17.7 Å². The maximum absolute atomic E-state index is 11.8. The second-order valence-corrected chi connectivity index (χ2v) is 3.86. The minimum Gasteiger partial charge on any atom is -0.491 e. The third kappa shape index (κ3) is 7.30. The maximum Gasteiger partial charge on any atom is 0.411 e. The number of nitrogens with two attached hydrogens (primary N) is 1. The smallest absolute Gasteiger partial charge is 0.411 e. The lowest BCUT2D eigenvalue weighted by Crippen LogP contribution is -2.19. The first-order chi connectivity index (χ1) is 8.87. The first-order valence-electron chi connectivity index (χ1n) is 5.56. The van der Waals surface area contributed by atoms with Crippen molar-refractivity contribution >= 4 is 5.84 Å². The molecule has 7 heteroatoms. The second-order valence-electron chi connectivity index (χ2n) is 3.86. The highest BCUT2D eigenvalue weighted by Crippen LogP contribution is 2.15. The van der Waals surface area contributed by atoms with Crippen molar-refractivity contribution in [3.05, 3.63) is 29.8 Å². The highest BCUT2D eigenvalue weighted by atomic mass is 19.4. The van der Waals surface area contributed by atoms with Gasteiger partial charge in [0.1, 0.15) is 19.0 Å². The molecule has 0 fully saturated rings. The zero-order chi connectivity index (χ0) is 14.3. The standard InChI is InChI=1S/C12H15F3N2O2/c13-12(14,15)8-18-5-6-19-10-3-1-9(2-4-10)7-11(16)17/h1-4H,5-8H2,(H3,16,17). The van der Waals surface area contributed by atoms with Gasteiger partial charge in [-0.2, -0.15) is 13.2 Å². The molecular weight excluding hydrogens is 261 g/mol. The average Bonchev–Trinajstić information content (AvgIpc) is 2.28. The molecule has 1 aromatic rings. The van der Waals surface area contributed by atoms with Crippen molar-refractivity contribution in [3.8, 4) is 5.75 Å². The molecule has 1 aromatic carbocycles. The molecule has 1 rings (SSSR count). The molecule has 0 radical (unpaired) electrons. The van der Waals surface area contributed by atoms with Gasteiger partial charge in [0.2, 0.25) is 0 Å². The predicted molar refractivity (Wildman–Crippen MR) is 64.4 cm³/mol. The van der Waals surface area contributed by atoms with Gasteiger partial charge < -0.3 is 15.2 Å². The highest BCUT2D eigenvalue weighted by Gasteiger charge is 2.27. The lowest BCUT2D eigenvalue weighted by molar-refractivity contribution is -0.175. The van der Waals surface area contributed by atoms with Gasteiger partial charge in [0.25, 0.3) is 0 Å². The molecule has 0 aliphatic heterocycles. The molecule has 0 saturated carbocycles. The van der Waals surface area contributed by atoms with E-state index in [4.69, 9.17) is 15.9 Å². The predicted octanol–water partition coefficient (Wildman–Crippen LogP) is 2.12. The van der Waals surface area contributed by atoms with E-state index < -0.39 is 12.8 Å². The molecule has 0 bridgehead atoms. The van der Waals surface area contributed by atoms with Crippen molar-refractivity contribution in [2.75, 3.05) is 19.8 Å². The molecule has 0 aliphatic rings. The fourth-order valence-electron chi connectivity index (χ4n) is 1.33. The van der Waals surface area contributed by atoms with Crippen LogP contribution < -0.4 is 10.5 Å². The third-order valence-electron chi connectivity index (χ3n) is 2.08. The van der Waals surface area contributed by atoms with Crippen LogP contribution in [0.3, 0.4) is 0 Å². The van der Waals surface area contributed by atoms with E-state index in [1.807, 2.05) is 0 Å². The first-order valence-corrected chi connectivity index (χ1v) is 5.56. The summed E-state index contributed by atoms with van der Waals surface area (Å²) in [7, 11) is 0. The Morgan fingerprint density at radius 3 is 2.32 bits per heavy atom. The topological polar surface area (TPSA) is 68.3 Å². The molecule has 0 heterocycles. The summed E-state index contributed by atoms with van der Waals surface area (Å²) in [4.78, 5) is 0. The Morgan fingerprint density at radius 2 is 1.79 bits per heavy atom. The van der Waals surface area contributed by atoms with E-state index in [9.17, 15) is 13.2 Å². The lowest BCUT2D eigenvalue weighted by atomic mass is 10.1. The number of rotatable bonds is 7. The van der Waals surface area contributed by atoms with Gasteiger partial charge in [-0.25, -0.2) is 0 Å². The molecule has 4 nitrogen and oxygen atoms in total. The van der Waals surface area contributed by atoms with Crippen LogP contribution in [0.4, 0.5) is 13.2 Å². The van der Waals surface area contributed by atoms with Crippen LogP contribution in [0.25, 0.3) is 0 Å². The van der Waals surface area contributed by atoms with Crippen molar-refractivity contribution < 1.29 is 22.6 Å². The van der Waals surface area contributed by atoms with Gasteiger partial charge in [0, 0.05) is 6.42 Å². The van der Waals surface area contributed by atoms with Crippen LogP contribution in [0.15, 0.2) is 24.3 Å². The molecule has 0 unspecified atom stereocenters. The Kier molecular flexibility index (Phi) is 5.62. The summed E-state index contributed by atoms with van der Waals surface area (Å²) < 4.78 is 44.9. The van der Waals surface area contributed by atoms with E-state index >= 15 is 0 Å². The van der Waals surface area contributed by atoms with Crippen LogP contribution in [-0.4, -0.2) is 31.8 Å². The fourth-order valence-corrected chi connectivity index (χ4v) is 1.33. The van der Waals surface area contributed by atoms with Crippen LogP contribution in [0.1, 0.15) is 5.56 Å². The number of nitrogens with one attached hydrogen (secondary N) is 1. The first kappa shape index (κ1) is 15.3. The van der Waals surface area contributed by atoms with E-state index in [-0.39, 0.29) is 19.0 Å². The van der Waals surface area contributed by atoms with Crippen LogP contribution in [0, 0.1) is 5.41 Å². The Labute approximate surface area is 108 Å². The molecule has 3 N–H and O–H groups in total. The zero-order valence-corrected chi connectivity index (χ0v) is 10.2. The summed E-state index contributed by atoms with van der Waals surface area (Å²) in [5.41, 5.74) is 6.12. The van der Waals surface area contributed by atoms with Gasteiger partial charge in [-0.1, -0.05) is 12.1 Å². The SMILES string of the molecule is N=C(N)Cc1ccc(OCCOCC(F)(F)F)cc1. The summed E-state index contributed by atoms with van der Waals surface area (Å²) >= 11 is 0. The number of alkyl halides is 3. The average molecular weight is 276 g/mol. The number of ether oxygens (including phenoxy) is 2. The van der Waals surface area contributed by atoms with E-state index in [1.54, 1.807) is 24.3 Å². The minimum absolute atomic E-state index is 0.0438. The highest BCUT2D eigenvalue weighted by molar-refractivity contribution is 5.79. The third-order valence-corrected chi connectivity index (χ3v) is 2.08. The van der Waals surface area contributed by atoms with Crippen LogP contribution in [-0.2, 0) is 11.2 Å². The normalized spacial score (nSPS) is 11.3. The number of halogens is 3. The zero-order valence-electron chi connectivity index (χ0n) is 10.2. The van der Waals surface area contributed by atoms with E-state index in [0.717, 1.165) is 5.56 Å². The van der Waals surface area contributed by atoms with Gasteiger partial charge >= 0.3 is 6.18 Å². The monoisotopic (exact) mass is 276 g/mol. The lowest BCUT2D eigenvalue weighted by Gasteiger charge is -2.09. The van der Waals surface area contributed by atoms with Crippen LogP contribution in [0.5, 0.6) is 5.75 Å². The van der Waals surface area contributed by atoms with Crippen molar-refractivity contribution in [1.82, 2.24) is 0 Å². The molecule has 0 aliphatic carbocycles. The summed E-state index contributed by atoms with van der Waals surface area (Å²) in [6.45, 7) is -1.36. The Morgan fingerprint density at radius 1 is 1.16 bits per heavy atom. The molecule has 0 saturated heterocycles. The summed E-state index contributed by atoms with van der Waals surface area (Å²) in [6.07, 6.45) is -3.96. The Balaban J connectivity index is 2.25. The summed E-state index contributed by atoms with van der Waals surface area (Å²) in [6, 6.07) is 6.82. The molecule has 19 heavy (non-hydrogen) atoms. The van der Waals surface area contributed by atoms with Crippen molar-refractivity contribution in [3.63, 3.8) is 0 Å². The molecule has 106 valence electrons. The largest absolute Gasteiger partial charge is 0.491 e. The van der Waals surface area contributed by atoms with Gasteiger partial charge in [-0.3, -0.25) is 5.41 Å². The molecular formula is C12H15F3N2O2. The molecule has 0 spiro atoms. The van der Waals surface area contributed by atoms with E-state index in [0.29, 0.717) is 12.2 Å². The Hall–Kier alpha value is -1.76. The fraction of sp³-hybridized carbons (Fsp3) is 0.417. The van der Waals surface area contributed by atoms with Gasteiger partial charge in [0.05, 0.1) is 12.4 Å². The molecule has 0 aromatic heterocycles. The number of amidine groups is 1. The number of hydrogen-bond acceptors (Lipinski definition) is 3. The van der Waals surface area contributed by atoms with Crippen LogP contribution in [0.2, 0.25) is 0 Å². The summed E-state index contributed by atoms with van der Waals surface area (Å²) in [5.74, 6) is 0.595. The minimum atomic E-state index is -4.31. The van der Waals surface area contributed by atoms with Crippen molar-refractivity contribution in [2.24, 2.45) is 5.73 Å². The van der Waals surface area contributed by atoms with Crippen LogP contribution >= 0.6 is 0 Å².